The lowest BCUT2D eigenvalue weighted by atomic mass is 10.1. The predicted octanol–water partition coefficient (Wildman–Crippen LogP) is 4.08. The van der Waals surface area contributed by atoms with Gasteiger partial charge in [-0.15, -0.1) is 0 Å². The Morgan fingerprint density at radius 1 is 1.00 bits per heavy atom. The molecular formula is C17H24BrNO2. The molecule has 1 aliphatic carbocycles. The van der Waals surface area contributed by atoms with Crippen molar-refractivity contribution in [2.24, 2.45) is 0 Å². The number of halogens is 1. The van der Waals surface area contributed by atoms with Crippen LogP contribution in [0.2, 0.25) is 0 Å². The van der Waals surface area contributed by atoms with Crippen LogP contribution >= 0.6 is 15.9 Å². The largest absolute Gasteiger partial charge is 0.486 e. The first-order valence-electron chi connectivity index (χ1n) is 8.14. The molecule has 0 unspecified atom stereocenters. The monoisotopic (exact) mass is 353 g/mol. The Morgan fingerprint density at radius 3 is 2.48 bits per heavy atom. The van der Waals surface area contributed by atoms with Crippen molar-refractivity contribution in [3.05, 3.63) is 22.2 Å². The molecule has 21 heavy (non-hydrogen) atoms. The molecule has 0 bridgehead atoms. The van der Waals surface area contributed by atoms with Gasteiger partial charge in [0.15, 0.2) is 11.5 Å². The molecule has 1 saturated carbocycles. The fourth-order valence-electron chi connectivity index (χ4n) is 2.69. The van der Waals surface area contributed by atoms with Gasteiger partial charge in [-0.05, 0) is 56.3 Å². The van der Waals surface area contributed by atoms with E-state index in [1.165, 1.54) is 50.6 Å². The van der Waals surface area contributed by atoms with Crippen LogP contribution in [-0.4, -0.2) is 25.8 Å². The second-order valence-corrected chi connectivity index (χ2v) is 6.83. The van der Waals surface area contributed by atoms with Crippen molar-refractivity contribution in [3.63, 3.8) is 0 Å². The maximum Gasteiger partial charge on any atom is 0.162 e. The minimum absolute atomic E-state index is 0.647. The summed E-state index contributed by atoms with van der Waals surface area (Å²) in [6, 6.07) is 5.02. The van der Waals surface area contributed by atoms with Crippen LogP contribution in [0.3, 0.4) is 0 Å². The summed E-state index contributed by atoms with van der Waals surface area (Å²) in [5.74, 6) is 1.76. The summed E-state index contributed by atoms with van der Waals surface area (Å²) in [6.07, 6.45) is 9.04. The van der Waals surface area contributed by atoms with Gasteiger partial charge in [-0.1, -0.05) is 28.8 Å². The van der Waals surface area contributed by atoms with Gasteiger partial charge in [0, 0.05) is 10.5 Å². The van der Waals surface area contributed by atoms with E-state index in [0.29, 0.717) is 13.2 Å². The molecule has 0 saturated heterocycles. The van der Waals surface area contributed by atoms with E-state index < -0.39 is 0 Å². The first kappa shape index (κ1) is 15.2. The molecule has 1 aromatic carbocycles. The highest BCUT2D eigenvalue weighted by Gasteiger charge is 2.19. The van der Waals surface area contributed by atoms with Crippen molar-refractivity contribution in [1.29, 1.82) is 0 Å². The normalized spacial score (nSPS) is 17.0. The Hall–Kier alpha value is -0.740. The number of aryl methyl sites for hydroxylation is 1. The zero-order valence-corrected chi connectivity index (χ0v) is 14.1. The summed E-state index contributed by atoms with van der Waals surface area (Å²) in [5.41, 5.74) is 1.33. The molecule has 0 aromatic heterocycles. The first-order valence-corrected chi connectivity index (χ1v) is 8.93. The van der Waals surface area contributed by atoms with Gasteiger partial charge in [0.2, 0.25) is 0 Å². The molecule has 4 heteroatoms. The van der Waals surface area contributed by atoms with Crippen LogP contribution in [0, 0.1) is 0 Å². The Bertz CT molecular complexity index is 474. The lowest BCUT2D eigenvalue weighted by molar-refractivity contribution is 0.171. The average molecular weight is 354 g/mol. The minimum atomic E-state index is 0.647. The standard InChI is InChI=1S/C17H24BrNO2/c18-15-12-17-16(20-9-10-21-17)11-13(15)5-3-1-2-4-8-19-14-6-7-14/h11-12,14,19H,1-10H2. The number of hydrogen-bond acceptors (Lipinski definition) is 3. The van der Waals surface area contributed by atoms with Crippen molar-refractivity contribution in [2.45, 2.75) is 51.0 Å². The van der Waals surface area contributed by atoms with E-state index in [4.69, 9.17) is 9.47 Å². The zero-order chi connectivity index (χ0) is 14.5. The summed E-state index contributed by atoms with van der Waals surface area (Å²) < 4.78 is 12.4. The van der Waals surface area contributed by atoms with Crippen molar-refractivity contribution in [2.75, 3.05) is 19.8 Å². The Labute approximate surface area is 135 Å². The van der Waals surface area contributed by atoms with Gasteiger partial charge in [0.25, 0.3) is 0 Å². The topological polar surface area (TPSA) is 30.5 Å². The van der Waals surface area contributed by atoms with Gasteiger partial charge in [-0.25, -0.2) is 0 Å². The highest BCUT2D eigenvalue weighted by atomic mass is 79.9. The molecule has 1 aromatic rings. The molecule has 3 rings (SSSR count). The van der Waals surface area contributed by atoms with Gasteiger partial charge in [0.05, 0.1) is 0 Å². The van der Waals surface area contributed by atoms with Crippen LogP contribution in [-0.2, 0) is 6.42 Å². The quantitative estimate of drug-likeness (QED) is 0.714. The van der Waals surface area contributed by atoms with Gasteiger partial charge < -0.3 is 14.8 Å². The zero-order valence-electron chi connectivity index (χ0n) is 12.5. The lowest BCUT2D eigenvalue weighted by Gasteiger charge is -2.20. The molecule has 0 atom stereocenters. The minimum Gasteiger partial charge on any atom is -0.486 e. The molecule has 1 heterocycles. The molecule has 1 fully saturated rings. The Kier molecular flexibility index (Phi) is 5.42. The number of ether oxygens (including phenoxy) is 2. The molecule has 0 radical (unpaired) electrons. The number of nitrogens with one attached hydrogen (secondary N) is 1. The van der Waals surface area contributed by atoms with Gasteiger partial charge in [0.1, 0.15) is 13.2 Å². The molecule has 3 nitrogen and oxygen atoms in total. The number of unbranched alkanes of at least 4 members (excludes halogenated alkanes) is 3. The first-order chi connectivity index (χ1) is 10.3. The van der Waals surface area contributed by atoms with Crippen molar-refractivity contribution in [1.82, 2.24) is 5.32 Å². The molecule has 1 N–H and O–H groups in total. The number of benzene rings is 1. The average Bonchev–Trinajstić information content (AvgIpc) is 3.31. The number of hydrogen-bond donors (Lipinski definition) is 1. The van der Waals surface area contributed by atoms with Crippen molar-refractivity contribution >= 4 is 15.9 Å². The fourth-order valence-corrected chi connectivity index (χ4v) is 3.21. The second-order valence-electron chi connectivity index (χ2n) is 5.98. The molecular weight excluding hydrogens is 330 g/mol. The van der Waals surface area contributed by atoms with Crippen molar-refractivity contribution in [3.8, 4) is 11.5 Å². The van der Waals surface area contributed by atoms with Crippen molar-refractivity contribution < 1.29 is 9.47 Å². The van der Waals surface area contributed by atoms with Gasteiger partial charge in [-0.2, -0.15) is 0 Å². The van der Waals surface area contributed by atoms with Crippen LogP contribution < -0.4 is 14.8 Å². The van der Waals surface area contributed by atoms with E-state index in [1.807, 2.05) is 6.07 Å². The summed E-state index contributed by atoms with van der Waals surface area (Å²) in [5, 5.41) is 3.57. The summed E-state index contributed by atoms with van der Waals surface area (Å²) >= 11 is 3.65. The smallest absolute Gasteiger partial charge is 0.162 e. The summed E-state index contributed by atoms with van der Waals surface area (Å²) in [4.78, 5) is 0. The molecule has 0 spiro atoms. The lowest BCUT2D eigenvalue weighted by Crippen LogP contribution is -2.17. The van der Waals surface area contributed by atoms with E-state index in [0.717, 1.165) is 28.4 Å². The SMILES string of the molecule is Brc1cc2c(cc1CCCCCCNC1CC1)OCCO2. The third kappa shape index (κ3) is 4.62. The Balaban J connectivity index is 1.38. The third-order valence-corrected chi connectivity index (χ3v) is 4.83. The summed E-state index contributed by atoms with van der Waals surface area (Å²) in [6.45, 7) is 2.49. The highest BCUT2D eigenvalue weighted by Crippen LogP contribution is 2.36. The van der Waals surface area contributed by atoms with Crippen LogP contribution in [0.5, 0.6) is 11.5 Å². The third-order valence-electron chi connectivity index (χ3n) is 4.09. The van der Waals surface area contributed by atoms with Crippen LogP contribution in [0.1, 0.15) is 44.1 Å². The van der Waals surface area contributed by atoms with Gasteiger partial charge >= 0.3 is 0 Å². The summed E-state index contributed by atoms with van der Waals surface area (Å²) in [7, 11) is 0. The van der Waals surface area contributed by atoms with Crippen LogP contribution in [0.15, 0.2) is 16.6 Å². The van der Waals surface area contributed by atoms with E-state index in [1.54, 1.807) is 0 Å². The van der Waals surface area contributed by atoms with E-state index >= 15 is 0 Å². The highest BCUT2D eigenvalue weighted by molar-refractivity contribution is 9.10. The number of fused-ring (bicyclic) bond motifs is 1. The van der Waals surface area contributed by atoms with Crippen LogP contribution in [0.25, 0.3) is 0 Å². The van der Waals surface area contributed by atoms with E-state index in [9.17, 15) is 0 Å². The maximum atomic E-state index is 5.65. The van der Waals surface area contributed by atoms with Gasteiger partial charge in [-0.3, -0.25) is 0 Å². The van der Waals surface area contributed by atoms with E-state index in [2.05, 4.69) is 27.3 Å². The molecule has 2 aliphatic rings. The predicted molar refractivity (Wildman–Crippen MR) is 88.3 cm³/mol. The maximum absolute atomic E-state index is 5.65. The molecule has 116 valence electrons. The van der Waals surface area contributed by atoms with E-state index in [-0.39, 0.29) is 0 Å². The Morgan fingerprint density at radius 2 is 1.71 bits per heavy atom. The molecule has 1 aliphatic heterocycles. The molecule has 0 amide bonds. The second kappa shape index (κ2) is 7.50. The fraction of sp³-hybridized carbons (Fsp3) is 0.647. The van der Waals surface area contributed by atoms with Crippen LogP contribution in [0.4, 0.5) is 0 Å². The number of rotatable bonds is 8.